The summed E-state index contributed by atoms with van der Waals surface area (Å²) in [5, 5.41) is 3.76. The van der Waals surface area contributed by atoms with Crippen molar-refractivity contribution in [1.82, 2.24) is 24.8 Å². The van der Waals surface area contributed by atoms with Gasteiger partial charge >= 0.3 is 0 Å². The van der Waals surface area contributed by atoms with Gasteiger partial charge in [-0.05, 0) is 40.4 Å². The Hall–Kier alpha value is -2.54. The largest absolute Gasteiger partial charge is 0.454 e. The van der Waals surface area contributed by atoms with Gasteiger partial charge < -0.3 is 25.1 Å². The van der Waals surface area contributed by atoms with Crippen LogP contribution >= 0.6 is 34.4 Å². The van der Waals surface area contributed by atoms with Crippen molar-refractivity contribution < 1.29 is 14.3 Å². The highest BCUT2D eigenvalue weighted by Gasteiger charge is 2.26. The maximum absolute atomic E-state index is 11.7. The van der Waals surface area contributed by atoms with Gasteiger partial charge in [-0.2, -0.15) is 0 Å². The molecule has 3 heterocycles. The highest BCUT2D eigenvalue weighted by molar-refractivity contribution is 14.1. The molecular weight excluding hydrogens is 507 g/mol. The second-order valence-corrected chi connectivity index (χ2v) is 8.18. The number of aromatic nitrogens is 4. The Kier molecular flexibility index (Phi) is 5.76. The van der Waals surface area contributed by atoms with Gasteiger partial charge in [0.05, 0.1) is 0 Å². The second-order valence-electron chi connectivity index (χ2n) is 6.05. The van der Waals surface area contributed by atoms with Crippen LogP contribution in [-0.2, 0) is 20.8 Å². The standard InChI is InChI=1S/C18H17IN6O3S/c1-21-12(26)6-7-25-16-14(15(20)22-9-23-16)24-18(25)29-13-8-27-17(28-13)10-4-2-3-5-11(10)19/h2-5,8-9,17H,6-7H2,1H3,(H,21,26)(H2,20,22,23). The highest BCUT2D eigenvalue weighted by atomic mass is 127. The Morgan fingerprint density at radius 3 is 3.00 bits per heavy atom. The van der Waals surface area contributed by atoms with Gasteiger partial charge in [0.15, 0.2) is 22.1 Å². The zero-order valence-corrected chi connectivity index (χ0v) is 18.3. The van der Waals surface area contributed by atoms with Crippen LogP contribution in [0.25, 0.3) is 11.2 Å². The summed E-state index contributed by atoms with van der Waals surface area (Å²) in [6.45, 7) is 0.392. The number of carbonyl (C=O) groups is 1. The Bertz CT molecular complexity index is 1100. The number of anilines is 1. The van der Waals surface area contributed by atoms with Crippen molar-refractivity contribution in [2.24, 2.45) is 0 Å². The summed E-state index contributed by atoms with van der Waals surface area (Å²) in [6, 6.07) is 7.86. The summed E-state index contributed by atoms with van der Waals surface area (Å²) < 4.78 is 14.5. The zero-order chi connectivity index (χ0) is 20.4. The summed E-state index contributed by atoms with van der Waals surface area (Å²) in [7, 11) is 1.60. The summed E-state index contributed by atoms with van der Waals surface area (Å²) in [5.74, 6) is 0.202. The van der Waals surface area contributed by atoms with Gasteiger partial charge in [0.2, 0.25) is 11.0 Å². The lowest BCUT2D eigenvalue weighted by Crippen LogP contribution is -2.19. The number of nitrogens with two attached hydrogens (primary N) is 1. The molecule has 1 aromatic carbocycles. The first-order chi connectivity index (χ1) is 14.1. The average Bonchev–Trinajstić information content (AvgIpc) is 3.32. The Morgan fingerprint density at radius 2 is 2.21 bits per heavy atom. The molecule has 29 heavy (non-hydrogen) atoms. The van der Waals surface area contributed by atoms with Crippen LogP contribution in [0.3, 0.4) is 0 Å². The van der Waals surface area contributed by atoms with E-state index in [0.29, 0.717) is 28.0 Å². The van der Waals surface area contributed by atoms with Crippen molar-refractivity contribution in [3.63, 3.8) is 0 Å². The fraction of sp³-hybridized carbons (Fsp3) is 0.222. The number of nitrogens with one attached hydrogen (secondary N) is 1. The number of hydrogen-bond acceptors (Lipinski definition) is 8. The van der Waals surface area contributed by atoms with E-state index in [1.807, 2.05) is 28.8 Å². The molecule has 0 radical (unpaired) electrons. The lowest BCUT2D eigenvalue weighted by molar-refractivity contribution is -0.120. The van der Waals surface area contributed by atoms with Crippen molar-refractivity contribution >= 4 is 57.2 Å². The molecule has 150 valence electrons. The lowest BCUT2D eigenvalue weighted by atomic mass is 10.2. The van der Waals surface area contributed by atoms with Gasteiger partial charge in [-0.3, -0.25) is 4.79 Å². The number of halogens is 1. The number of fused-ring (bicyclic) bond motifs is 1. The number of hydrogen-bond donors (Lipinski definition) is 2. The number of aryl methyl sites for hydroxylation is 1. The Labute approximate surface area is 184 Å². The monoisotopic (exact) mass is 524 g/mol. The minimum Gasteiger partial charge on any atom is -0.454 e. The molecule has 9 nitrogen and oxygen atoms in total. The third kappa shape index (κ3) is 4.10. The van der Waals surface area contributed by atoms with Gasteiger partial charge in [0.1, 0.15) is 12.6 Å². The van der Waals surface area contributed by atoms with E-state index in [1.165, 1.54) is 18.1 Å². The number of rotatable bonds is 6. The number of nitrogen functional groups attached to an aromatic ring is 1. The van der Waals surface area contributed by atoms with Crippen LogP contribution in [0.15, 0.2) is 47.1 Å². The van der Waals surface area contributed by atoms with Crippen LogP contribution in [-0.4, -0.2) is 32.5 Å². The van der Waals surface area contributed by atoms with E-state index in [0.717, 1.165) is 9.13 Å². The van der Waals surface area contributed by atoms with E-state index in [9.17, 15) is 4.79 Å². The quantitative estimate of drug-likeness (QED) is 0.473. The first-order valence-corrected chi connectivity index (χ1v) is 10.6. The van der Waals surface area contributed by atoms with Crippen LogP contribution in [0.5, 0.6) is 0 Å². The van der Waals surface area contributed by atoms with E-state index < -0.39 is 6.29 Å². The summed E-state index contributed by atoms with van der Waals surface area (Å²) >= 11 is 3.53. The van der Waals surface area contributed by atoms with Crippen molar-refractivity contribution in [2.75, 3.05) is 12.8 Å². The number of nitrogens with zero attached hydrogens (tertiary/aromatic N) is 4. The van der Waals surface area contributed by atoms with Crippen LogP contribution in [0, 0.1) is 3.57 Å². The van der Waals surface area contributed by atoms with Crippen LogP contribution in [0.2, 0.25) is 0 Å². The first-order valence-electron chi connectivity index (χ1n) is 8.68. The molecule has 1 unspecified atom stereocenters. The smallest absolute Gasteiger partial charge is 0.268 e. The molecule has 2 aromatic heterocycles. The fourth-order valence-electron chi connectivity index (χ4n) is 2.77. The number of carbonyl (C=O) groups excluding carboxylic acids is 1. The number of amides is 1. The number of thioether (sulfide) groups is 1. The van der Waals surface area contributed by atoms with E-state index in [4.69, 9.17) is 15.2 Å². The minimum atomic E-state index is -0.515. The van der Waals surface area contributed by atoms with E-state index in [2.05, 4.69) is 42.9 Å². The molecule has 1 aliphatic heterocycles. The molecule has 0 fully saturated rings. The SMILES string of the molecule is CNC(=O)CCn1c(SC2=COC(c3ccccc3I)O2)nc2c(N)ncnc21. The molecular formula is C18H17IN6O3S. The summed E-state index contributed by atoms with van der Waals surface area (Å²) in [4.78, 5) is 24.6. The molecule has 1 aliphatic rings. The molecule has 0 saturated carbocycles. The third-order valence-electron chi connectivity index (χ3n) is 4.23. The molecule has 1 amide bonds. The predicted molar refractivity (Wildman–Crippen MR) is 116 cm³/mol. The molecule has 1 atom stereocenters. The lowest BCUT2D eigenvalue weighted by Gasteiger charge is -2.13. The molecule has 11 heteroatoms. The van der Waals surface area contributed by atoms with Crippen molar-refractivity contribution in [3.8, 4) is 0 Å². The third-order valence-corrected chi connectivity index (χ3v) is 6.10. The van der Waals surface area contributed by atoms with Gasteiger partial charge in [-0.25, -0.2) is 15.0 Å². The highest BCUT2D eigenvalue weighted by Crippen LogP contribution is 2.39. The molecule has 0 aliphatic carbocycles. The van der Waals surface area contributed by atoms with Crippen molar-refractivity contribution in [2.45, 2.75) is 24.4 Å². The Morgan fingerprint density at radius 1 is 1.38 bits per heavy atom. The molecule has 3 N–H and O–H groups in total. The first kappa shape index (κ1) is 19.8. The number of ether oxygens (including phenoxy) is 2. The topological polar surface area (TPSA) is 117 Å². The van der Waals surface area contributed by atoms with Gasteiger partial charge in [-0.15, -0.1) is 0 Å². The molecule has 4 rings (SSSR count). The predicted octanol–water partition coefficient (Wildman–Crippen LogP) is 2.79. The van der Waals surface area contributed by atoms with Gasteiger partial charge in [0.25, 0.3) is 6.29 Å². The van der Waals surface area contributed by atoms with Gasteiger partial charge in [-0.1, -0.05) is 18.2 Å². The van der Waals surface area contributed by atoms with Gasteiger partial charge in [0, 0.05) is 29.1 Å². The zero-order valence-electron chi connectivity index (χ0n) is 15.3. The van der Waals surface area contributed by atoms with E-state index >= 15 is 0 Å². The maximum atomic E-state index is 11.7. The van der Waals surface area contributed by atoms with Crippen molar-refractivity contribution in [1.29, 1.82) is 0 Å². The summed E-state index contributed by atoms with van der Waals surface area (Å²) in [6.07, 6.45) is 2.71. The maximum Gasteiger partial charge on any atom is 0.268 e. The van der Waals surface area contributed by atoms with E-state index in [-0.39, 0.29) is 18.1 Å². The molecule has 3 aromatic rings. The van der Waals surface area contributed by atoms with Crippen molar-refractivity contribution in [3.05, 3.63) is 51.1 Å². The Balaban J connectivity index is 1.58. The van der Waals surface area contributed by atoms with Crippen LogP contribution < -0.4 is 11.1 Å². The van der Waals surface area contributed by atoms with E-state index in [1.54, 1.807) is 13.3 Å². The molecule has 0 saturated heterocycles. The summed E-state index contributed by atoms with van der Waals surface area (Å²) in [5.41, 5.74) is 7.96. The normalized spacial score (nSPS) is 15.7. The van der Waals surface area contributed by atoms with Crippen LogP contribution in [0.1, 0.15) is 18.3 Å². The second kappa shape index (κ2) is 8.45. The van der Waals surface area contributed by atoms with Crippen LogP contribution in [0.4, 0.5) is 5.82 Å². The minimum absolute atomic E-state index is 0.0804. The fourth-order valence-corrected chi connectivity index (χ4v) is 4.26. The average molecular weight is 524 g/mol. The molecule has 0 bridgehead atoms. The molecule has 0 spiro atoms. The number of imidazole rings is 1. The number of benzene rings is 1.